The normalized spacial score (nSPS) is 18.6. The Bertz CT molecular complexity index is 987. The number of hydrogen-bond donors (Lipinski definition) is 1. The van der Waals surface area contributed by atoms with E-state index < -0.39 is 5.82 Å². The first-order chi connectivity index (χ1) is 14.8. The summed E-state index contributed by atoms with van der Waals surface area (Å²) in [7, 11) is 0. The molecular formula is C22H27ClFN5O2. The predicted octanol–water partition coefficient (Wildman–Crippen LogP) is 3.97. The molecule has 1 aromatic heterocycles. The summed E-state index contributed by atoms with van der Waals surface area (Å²) in [6.45, 7) is 8.21. The van der Waals surface area contributed by atoms with Gasteiger partial charge < -0.3 is 19.9 Å². The minimum atomic E-state index is -0.439. The number of halogens is 2. The second-order valence-electron chi connectivity index (χ2n) is 8.28. The van der Waals surface area contributed by atoms with Crippen LogP contribution >= 0.6 is 11.6 Å². The third kappa shape index (κ3) is 4.54. The average Bonchev–Trinajstić information content (AvgIpc) is 2.74. The molecule has 1 saturated heterocycles. The molecule has 166 valence electrons. The molecule has 1 atom stereocenters. The predicted molar refractivity (Wildman–Crippen MR) is 119 cm³/mol. The number of benzene rings is 1. The molecule has 1 N–H and O–H groups in total. The van der Waals surface area contributed by atoms with Gasteiger partial charge in [0.2, 0.25) is 11.9 Å². The molecule has 0 radical (unpaired) electrons. The number of amides is 1. The Morgan fingerprint density at radius 1 is 1.35 bits per heavy atom. The molecule has 0 saturated carbocycles. The van der Waals surface area contributed by atoms with Crippen LogP contribution in [0, 0.1) is 5.82 Å². The van der Waals surface area contributed by atoms with Crippen LogP contribution in [0.4, 0.5) is 16.0 Å². The van der Waals surface area contributed by atoms with Gasteiger partial charge in [-0.1, -0.05) is 11.6 Å². The van der Waals surface area contributed by atoms with Crippen LogP contribution in [-0.2, 0) is 4.79 Å². The van der Waals surface area contributed by atoms with Crippen LogP contribution in [0.3, 0.4) is 0 Å². The summed E-state index contributed by atoms with van der Waals surface area (Å²) in [4.78, 5) is 24.5. The monoisotopic (exact) mass is 447 g/mol. The molecule has 1 amide bonds. The third-order valence-corrected chi connectivity index (χ3v) is 6.03. The Morgan fingerprint density at radius 3 is 2.90 bits per heavy atom. The van der Waals surface area contributed by atoms with E-state index in [-0.39, 0.29) is 23.7 Å². The van der Waals surface area contributed by atoms with Crippen LogP contribution < -0.4 is 15.0 Å². The molecule has 0 aliphatic carbocycles. The maximum absolute atomic E-state index is 14.9. The van der Waals surface area contributed by atoms with Gasteiger partial charge in [-0.2, -0.15) is 0 Å². The molecule has 0 spiro atoms. The van der Waals surface area contributed by atoms with Crippen molar-refractivity contribution in [2.24, 2.45) is 0 Å². The zero-order valence-corrected chi connectivity index (χ0v) is 18.7. The van der Waals surface area contributed by atoms with Crippen molar-refractivity contribution < 1.29 is 13.9 Å². The van der Waals surface area contributed by atoms with Crippen molar-refractivity contribution in [3.63, 3.8) is 0 Å². The lowest BCUT2D eigenvalue weighted by Gasteiger charge is -2.35. The van der Waals surface area contributed by atoms with Crippen LogP contribution in [0.5, 0.6) is 5.75 Å². The Balaban J connectivity index is 1.64. The number of carbonyl (C=O) groups excluding carboxylic acids is 1. The molecule has 2 aromatic rings. The molecular weight excluding hydrogens is 421 g/mol. The quantitative estimate of drug-likeness (QED) is 0.764. The summed E-state index contributed by atoms with van der Waals surface area (Å²) in [6, 6.07) is 3.52. The first-order valence-electron chi connectivity index (χ1n) is 10.6. The highest BCUT2D eigenvalue weighted by Gasteiger charge is 2.26. The Kier molecular flexibility index (Phi) is 6.18. The lowest BCUT2D eigenvalue weighted by atomic mass is 10.1. The van der Waals surface area contributed by atoms with Gasteiger partial charge in [0.05, 0.1) is 29.1 Å². The van der Waals surface area contributed by atoms with E-state index in [2.05, 4.69) is 34.0 Å². The first-order valence-corrected chi connectivity index (χ1v) is 11.0. The number of carbonyl (C=O) groups is 1. The van der Waals surface area contributed by atoms with E-state index in [1.807, 2.05) is 11.0 Å². The van der Waals surface area contributed by atoms with E-state index in [0.717, 1.165) is 19.4 Å². The van der Waals surface area contributed by atoms with Crippen molar-refractivity contribution >= 4 is 29.1 Å². The fraction of sp³-hybridized carbons (Fsp3) is 0.500. The second kappa shape index (κ2) is 8.86. The highest BCUT2D eigenvalue weighted by Crippen LogP contribution is 2.40. The van der Waals surface area contributed by atoms with Crippen LogP contribution in [0.15, 0.2) is 18.3 Å². The zero-order chi connectivity index (χ0) is 22.1. The molecule has 3 heterocycles. The first kappa shape index (κ1) is 21.6. The van der Waals surface area contributed by atoms with E-state index in [1.54, 1.807) is 6.92 Å². The highest BCUT2D eigenvalue weighted by molar-refractivity contribution is 6.32. The molecule has 2 aliphatic heterocycles. The van der Waals surface area contributed by atoms with Gasteiger partial charge in [-0.3, -0.25) is 4.79 Å². The molecule has 1 fully saturated rings. The third-order valence-electron chi connectivity index (χ3n) is 5.75. The van der Waals surface area contributed by atoms with Crippen LogP contribution in [0.2, 0.25) is 5.02 Å². The number of nitrogens with zero attached hydrogens (tertiary/aromatic N) is 4. The lowest BCUT2D eigenvalue weighted by molar-refractivity contribution is -0.129. The number of anilines is 2. The Labute approximate surface area is 186 Å². The Morgan fingerprint density at radius 2 is 2.16 bits per heavy atom. The van der Waals surface area contributed by atoms with Crippen molar-refractivity contribution in [1.29, 1.82) is 0 Å². The molecule has 31 heavy (non-hydrogen) atoms. The van der Waals surface area contributed by atoms with Gasteiger partial charge in [0, 0.05) is 37.7 Å². The molecule has 2 aliphatic rings. The van der Waals surface area contributed by atoms with E-state index in [0.29, 0.717) is 47.6 Å². The molecule has 4 rings (SSSR count). The summed E-state index contributed by atoms with van der Waals surface area (Å²) in [5.74, 6) is 0.292. The van der Waals surface area contributed by atoms with Gasteiger partial charge in [0.25, 0.3) is 0 Å². The van der Waals surface area contributed by atoms with Gasteiger partial charge in [-0.15, -0.1) is 0 Å². The number of fused-ring (bicyclic) bond motifs is 1. The van der Waals surface area contributed by atoms with E-state index in [1.165, 1.54) is 12.3 Å². The number of ether oxygens (including phenoxy) is 1. The van der Waals surface area contributed by atoms with Gasteiger partial charge in [0.1, 0.15) is 6.61 Å². The van der Waals surface area contributed by atoms with Crippen molar-refractivity contribution in [3.05, 3.63) is 29.2 Å². The number of likely N-dealkylation sites (tertiary alicyclic amines) is 1. The van der Waals surface area contributed by atoms with Crippen molar-refractivity contribution in [3.8, 4) is 17.0 Å². The molecule has 9 heteroatoms. The van der Waals surface area contributed by atoms with E-state index in [4.69, 9.17) is 16.3 Å². The molecule has 0 bridgehead atoms. The van der Waals surface area contributed by atoms with Gasteiger partial charge in [-0.25, -0.2) is 14.4 Å². The van der Waals surface area contributed by atoms with Crippen LogP contribution in [0.25, 0.3) is 11.3 Å². The fourth-order valence-corrected chi connectivity index (χ4v) is 4.38. The number of aromatic nitrogens is 2. The minimum absolute atomic E-state index is 0.0526. The number of hydrogen-bond acceptors (Lipinski definition) is 6. The second-order valence-corrected chi connectivity index (χ2v) is 8.69. The molecule has 0 unspecified atom stereocenters. The average molecular weight is 448 g/mol. The summed E-state index contributed by atoms with van der Waals surface area (Å²) in [6.07, 6.45) is 3.35. The smallest absolute Gasteiger partial charge is 0.223 e. The summed E-state index contributed by atoms with van der Waals surface area (Å²) in [5.41, 5.74) is 1.72. The van der Waals surface area contributed by atoms with Crippen molar-refractivity contribution in [1.82, 2.24) is 14.9 Å². The largest absolute Gasteiger partial charge is 0.486 e. The summed E-state index contributed by atoms with van der Waals surface area (Å²) >= 11 is 6.40. The number of rotatable bonds is 4. The van der Waals surface area contributed by atoms with Gasteiger partial charge >= 0.3 is 0 Å². The molecule has 1 aromatic carbocycles. The zero-order valence-electron chi connectivity index (χ0n) is 18.0. The maximum atomic E-state index is 14.9. The van der Waals surface area contributed by atoms with Gasteiger partial charge in [-0.05, 0) is 38.8 Å². The van der Waals surface area contributed by atoms with E-state index >= 15 is 0 Å². The topological polar surface area (TPSA) is 70.6 Å². The summed E-state index contributed by atoms with van der Waals surface area (Å²) < 4.78 is 20.5. The minimum Gasteiger partial charge on any atom is -0.486 e. The Hall–Kier alpha value is -2.61. The van der Waals surface area contributed by atoms with Crippen LogP contribution in [0.1, 0.15) is 33.6 Å². The summed E-state index contributed by atoms with van der Waals surface area (Å²) in [5, 5.41) is 3.64. The number of piperidine rings is 1. The molecule has 7 nitrogen and oxygen atoms in total. The van der Waals surface area contributed by atoms with Crippen LogP contribution in [-0.4, -0.2) is 59.1 Å². The number of nitrogens with one attached hydrogen (secondary N) is 1. The highest BCUT2D eigenvalue weighted by atomic mass is 35.5. The van der Waals surface area contributed by atoms with Gasteiger partial charge in [0.15, 0.2) is 11.6 Å². The van der Waals surface area contributed by atoms with Crippen molar-refractivity contribution in [2.75, 3.05) is 36.5 Å². The van der Waals surface area contributed by atoms with E-state index in [9.17, 15) is 9.18 Å². The maximum Gasteiger partial charge on any atom is 0.223 e. The fourth-order valence-electron chi connectivity index (χ4n) is 4.18. The SMILES string of the molecule is CC(=O)N1CCC[C@@H](Nc2ncc(Cl)c(-c3cc(F)c4c(c3)N(C(C)C)CCO4)n2)C1. The van der Waals surface area contributed by atoms with Crippen molar-refractivity contribution in [2.45, 2.75) is 45.7 Å². The standard InChI is InChI=1S/C22H27ClFN5O2/c1-13(2)29-7-8-31-21-18(24)9-15(10-19(21)29)20-17(23)11-25-22(27-20)26-16-5-4-6-28(12-16)14(3)30/h9-11,13,16H,4-8,12H2,1-3H3,(H,25,26,27)/t16-/m1/s1. The lowest BCUT2D eigenvalue weighted by Crippen LogP contribution is -2.44.